The molecule has 0 amide bonds. The highest BCUT2D eigenvalue weighted by Crippen LogP contribution is 2.31. The number of hydrogen-bond acceptors (Lipinski definition) is 4. The van der Waals surface area contributed by atoms with E-state index in [9.17, 15) is 8.42 Å². The average Bonchev–Trinajstić information content (AvgIpc) is 2.89. The zero-order chi connectivity index (χ0) is 10.9. The molecule has 1 fully saturated rings. The van der Waals surface area contributed by atoms with Crippen LogP contribution in [0.3, 0.4) is 0 Å². The fourth-order valence-corrected chi connectivity index (χ4v) is 5.16. The van der Waals surface area contributed by atoms with E-state index < -0.39 is 9.84 Å². The highest BCUT2D eigenvalue weighted by atomic mass is 32.2. The van der Waals surface area contributed by atoms with Crippen molar-refractivity contribution in [1.29, 1.82) is 0 Å². The first-order valence-electron chi connectivity index (χ1n) is 5.09. The Balaban J connectivity index is 2.18. The third kappa shape index (κ3) is 2.09. The van der Waals surface area contributed by atoms with Gasteiger partial charge in [-0.15, -0.1) is 11.3 Å². The van der Waals surface area contributed by atoms with Crippen molar-refractivity contribution in [1.82, 2.24) is 5.32 Å². The molecule has 0 bridgehead atoms. The molecule has 0 aromatic carbocycles. The Kier molecular flexibility index (Phi) is 3.13. The predicted molar refractivity (Wildman–Crippen MR) is 62.0 cm³/mol. The van der Waals surface area contributed by atoms with Crippen molar-refractivity contribution in [2.24, 2.45) is 0 Å². The van der Waals surface area contributed by atoms with Gasteiger partial charge in [-0.2, -0.15) is 0 Å². The van der Waals surface area contributed by atoms with Gasteiger partial charge in [0.1, 0.15) is 4.21 Å². The van der Waals surface area contributed by atoms with Crippen LogP contribution in [-0.2, 0) is 9.84 Å². The van der Waals surface area contributed by atoms with Gasteiger partial charge in [0.05, 0.1) is 5.25 Å². The molecule has 5 heteroatoms. The summed E-state index contributed by atoms with van der Waals surface area (Å²) in [6, 6.07) is 3.86. The predicted octanol–water partition coefficient (Wildman–Crippen LogP) is 1.66. The van der Waals surface area contributed by atoms with E-state index in [0.29, 0.717) is 10.3 Å². The lowest BCUT2D eigenvalue weighted by Gasteiger charge is -2.10. The molecule has 1 heterocycles. The molecule has 1 N–H and O–H groups in total. The van der Waals surface area contributed by atoms with Crippen LogP contribution < -0.4 is 5.32 Å². The summed E-state index contributed by atoms with van der Waals surface area (Å²) in [5, 5.41) is 4.78. The molecule has 0 radical (unpaired) electrons. The topological polar surface area (TPSA) is 46.2 Å². The summed E-state index contributed by atoms with van der Waals surface area (Å²) < 4.78 is 24.8. The third-order valence-corrected chi connectivity index (χ3v) is 6.66. The quantitative estimate of drug-likeness (QED) is 0.881. The van der Waals surface area contributed by atoms with Gasteiger partial charge in [-0.25, -0.2) is 8.42 Å². The highest BCUT2D eigenvalue weighted by Gasteiger charge is 2.35. The molecular weight excluding hydrogens is 230 g/mol. The molecule has 2 rings (SSSR count). The van der Waals surface area contributed by atoms with Crippen molar-refractivity contribution in [2.45, 2.75) is 34.8 Å². The number of rotatable bonds is 3. The van der Waals surface area contributed by atoms with Gasteiger partial charge in [-0.05, 0) is 37.8 Å². The van der Waals surface area contributed by atoms with Crippen molar-refractivity contribution >= 4 is 21.2 Å². The van der Waals surface area contributed by atoms with Crippen LogP contribution in [0.2, 0.25) is 0 Å². The summed E-state index contributed by atoms with van der Waals surface area (Å²) in [6.07, 6.45) is 2.49. The summed E-state index contributed by atoms with van der Waals surface area (Å²) >= 11 is 1.32. The van der Waals surface area contributed by atoms with Crippen molar-refractivity contribution in [2.75, 3.05) is 7.05 Å². The second-order valence-electron chi connectivity index (χ2n) is 3.90. The molecule has 1 aliphatic carbocycles. The van der Waals surface area contributed by atoms with Crippen LogP contribution in [0.15, 0.2) is 21.7 Å². The van der Waals surface area contributed by atoms with Crippen molar-refractivity contribution in [3.63, 3.8) is 0 Å². The van der Waals surface area contributed by atoms with Crippen LogP contribution in [0.1, 0.15) is 19.3 Å². The van der Waals surface area contributed by atoms with E-state index in [1.807, 2.05) is 12.4 Å². The van der Waals surface area contributed by atoms with E-state index in [1.165, 1.54) is 11.3 Å². The van der Waals surface area contributed by atoms with Crippen LogP contribution in [0, 0.1) is 0 Å². The van der Waals surface area contributed by atoms with E-state index >= 15 is 0 Å². The Labute approximate surface area is 94.4 Å². The Morgan fingerprint density at radius 1 is 1.47 bits per heavy atom. The smallest absolute Gasteiger partial charge is 0.190 e. The summed E-state index contributed by atoms with van der Waals surface area (Å²) in [5.74, 6) is 0. The van der Waals surface area contributed by atoms with Gasteiger partial charge in [0, 0.05) is 6.04 Å². The zero-order valence-corrected chi connectivity index (χ0v) is 10.3. The second-order valence-corrected chi connectivity index (χ2v) is 7.30. The summed E-state index contributed by atoms with van der Waals surface area (Å²) in [7, 11) is -1.17. The van der Waals surface area contributed by atoms with Crippen LogP contribution >= 0.6 is 11.3 Å². The van der Waals surface area contributed by atoms with Gasteiger partial charge in [0.2, 0.25) is 0 Å². The largest absolute Gasteiger partial charge is 0.317 e. The van der Waals surface area contributed by atoms with Gasteiger partial charge >= 0.3 is 0 Å². The lowest BCUT2D eigenvalue weighted by molar-refractivity contribution is 0.565. The summed E-state index contributed by atoms with van der Waals surface area (Å²) in [6.45, 7) is 0. The van der Waals surface area contributed by atoms with Crippen molar-refractivity contribution in [3.8, 4) is 0 Å². The average molecular weight is 245 g/mol. The molecule has 3 nitrogen and oxygen atoms in total. The number of thiophene rings is 1. The van der Waals surface area contributed by atoms with E-state index in [1.54, 1.807) is 12.1 Å². The summed E-state index contributed by atoms with van der Waals surface area (Å²) in [4.78, 5) is 0. The first-order chi connectivity index (χ1) is 7.14. The first kappa shape index (κ1) is 11.1. The van der Waals surface area contributed by atoms with Gasteiger partial charge in [-0.3, -0.25) is 0 Å². The monoisotopic (exact) mass is 245 g/mol. The maximum atomic E-state index is 12.1. The minimum Gasteiger partial charge on any atom is -0.317 e. The molecule has 1 aromatic heterocycles. The Hall–Kier alpha value is -0.390. The molecule has 2 atom stereocenters. The second kappa shape index (κ2) is 4.23. The maximum Gasteiger partial charge on any atom is 0.190 e. The first-order valence-corrected chi connectivity index (χ1v) is 7.52. The molecule has 84 valence electrons. The van der Waals surface area contributed by atoms with Gasteiger partial charge in [0.15, 0.2) is 9.84 Å². The lowest BCUT2D eigenvalue weighted by Crippen LogP contribution is -2.24. The maximum absolute atomic E-state index is 12.1. The van der Waals surface area contributed by atoms with Crippen molar-refractivity contribution in [3.05, 3.63) is 17.5 Å². The Bertz CT molecular complexity index is 411. The van der Waals surface area contributed by atoms with Gasteiger partial charge in [-0.1, -0.05) is 6.07 Å². The molecule has 1 aromatic rings. The fourth-order valence-electron chi connectivity index (χ4n) is 2.07. The van der Waals surface area contributed by atoms with E-state index in [0.717, 1.165) is 19.3 Å². The molecule has 2 unspecified atom stereocenters. The Morgan fingerprint density at radius 3 is 2.80 bits per heavy atom. The fraction of sp³-hybridized carbons (Fsp3) is 0.600. The number of sulfone groups is 1. The molecule has 0 aliphatic heterocycles. The van der Waals surface area contributed by atoms with Crippen molar-refractivity contribution < 1.29 is 8.42 Å². The molecule has 15 heavy (non-hydrogen) atoms. The van der Waals surface area contributed by atoms with Crippen LogP contribution in [-0.4, -0.2) is 26.8 Å². The van der Waals surface area contributed by atoms with Crippen LogP contribution in [0.4, 0.5) is 0 Å². The van der Waals surface area contributed by atoms with Crippen LogP contribution in [0.25, 0.3) is 0 Å². The zero-order valence-electron chi connectivity index (χ0n) is 8.64. The minimum absolute atomic E-state index is 0.186. The SMILES string of the molecule is CNC1CCC(S(=O)(=O)c2cccs2)C1. The van der Waals surface area contributed by atoms with Gasteiger partial charge < -0.3 is 5.32 Å². The number of nitrogens with one attached hydrogen (secondary N) is 1. The molecule has 1 aliphatic rings. The molecule has 0 saturated heterocycles. The third-order valence-electron chi connectivity index (χ3n) is 3.01. The van der Waals surface area contributed by atoms with Crippen LogP contribution in [0.5, 0.6) is 0 Å². The lowest BCUT2D eigenvalue weighted by atomic mass is 10.3. The normalized spacial score (nSPS) is 27.0. The standard InChI is InChI=1S/C10H15NO2S2/c1-11-8-4-5-9(7-8)15(12,13)10-3-2-6-14-10/h2-3,6,8-9,11H,4-5,7H2,1H3. The Morgan fingerprint density at radius 2 is 2.27 bits per heavy atom. The number of hydrogen-bond donors (Lipinski definition) is 1. The highest BCUT2D eigenvalue weighted by molar-refractivity contribution is 7.94. The van der Waals surface area contributed by atoms with E-state index in [4.69, 9.17) is 0 Å². The van der Waals surface area contributed by atoms with E-state index in [2.05, 4.69) is 5.32 Å². The molecular formula is C10H15NO2S2. The molecule has 1 saturated carbocycles. The molecule has 0 spiro atoms. The van der Waals surface area contributed by atoms with E-state index in [-0.39, 0.29) is 5.25 Å². The summed E-state index contributed by atoms with van der Waals surface area (Å²) in [5.41, 5.74) is 0. The van der Waals surface area contributed by atoms with Gasteiger partial charge in [0.25, 0.3) is 0 Å². The minimum atomic E-state index is -3.06.